The molecular weight excluding hydrogens is 835 g/mol. The second kappa shape index (κ2) is 17.6. The van der Waals surface area contributed by atoms with Gasteiger partial charge in [0, 0.05) is 54.5 Å². The average Bonchev–Trinajstić information content (AvgIpc) is 4.04. The highest BCUT2D eigenvalue weighted by molar-refractivity contribution is 5.91. The first kappa shape index (κ1) is 43.8. The van der Waals surface area contributed by atoms with Crippen molar-refractivity contribution in [1.29, 1.82) is 0 Å². The molecule has 0 radical (unpaired) electrons. The third-order valence-electron chi connectivity index (χ3n) is 13.5. The number of rotatable bonds is 4. The lowest BCUT2D eigenvalue weighted by molar-refractivity contribution is -0.660. The van der Waals surface area contributed by atoms with Crippen molar-refractivity contribution in [2.24, 2.45) is 21.1 Å². The van der Waals surface area contributed by atoms with Crippen LogP contribution in [0.25, 0.3) is 83.8 Å². The maximum atomic E-state index is 4.84. The van der Waals surface area contributed by atoms with Crippen LogP contribution in [0.1, 0.15) is 53.1 Å². The number of pyridine rings is 6. The lowest BCUT2D eigenvalue weighted by atomic mass is 9.98. The Morgan fingerprint density at radius 1 is 0.412 bits per heavy atom. The van der Waals surface area contributed by atoms with Gasteiger partial charge in [0.1, 0.15) is 38.1 Å². The summed E-state index contributed by atoms with van der Waals surface area (Å²) >= 11 is 0. The van der Waals surface area contributed by atoms with Gasteiger partial charge in [-0.3, -0.25) is 13.2 Å². The van der Waals surface area contributed by atoms with Gasteiger partial charge in [-0.05, 0) is 147 Å². The van der Waals surface area contributed by atoms with Crippen LogP contribution < -0.4 is 13.7 Å². The predicted octanol–water partition coefficient (Wildman–Crippen LogP) is 11.6. The van der Waals surface area contributed by atoms with Crippen molar-refractivity contribution < 1.29 is 13.7 Å². The topological polar surface area (TPSA) is 63.5 Å². The number of hydrogen-bond acceptors (Lipinski definition) is 3. The van der Waals surface area contributed by atoms with Gasteiger partial charge in [-0.15, -0.1) is 0 Å². The lowest BCUT2D eigenvalue weighted by Gasteiger charge is -2.09. The van der Waals surface area contributed by atoms with Gasteiger partial charge >= 0.3 is 0 Å². The van der Waals surface area contributed by atoms with E-state index >= 15 is 0 Å². The van der Waals surface area contributed by atoms with Gasteiger partial charge in [0.25, 0.3) is 0 Å². The van der Waals surface area contributed by atoms with Crippen LogP contribution in [0.5, 0.6) is 0 Å². The highest BCUT2D eigenvalue weighted by Gasteiger charge is 2.20. The minimum Gasteiger partial charge on any atom is -0.300 e. The van der Waals surface area contributed by atoms with Gasteiger partial charge in [-0.25, -0.2) is 28.7 Å². The minimum atomic E-state index is 0.518. The van der Waals surface area contributed by atoms with Crippen LogP contribution in [0.2, 0.25) is 0 Å². The molecule has 9 aromatic heterocycles. The number of benzene rings is 3. The Bertz CT molecular complexity index is 3890. The lowest BCUT2D eigenvalue weighted by Crippen LogP contribution is -2.31. The molecule has 12 rings (SSSR count). The molecule has 0 N–H and O–H groups in total. The molecule has 0 amide bonds. The van der Waals surface area contributed by atoms with Crippen LogP contribution in [-0.4, -0.2) is 28.2 Å². The molecule has 0 fully saturated rings. The quantitative estimate of drug-likeness (QED) is 0.165. The summed E-state index contributed by atoms with van der Waals surface area (Å²) in [5, 5.41) is 0. The summed E-state index contributed by atoms with van der Waals surface area (Å²) in [5.74, 6) is 0.518. The molecule has 0 atom stereocenters. The second-order valence-corrected chi connectivity index (χ2v) is 18.5. The number of hydrogen-bond donors (Lipinski definition) is 0. The number of imidazole rings is 3. The zero-order valence-corrected chi connectivity index (χ0v) is 40.7. The molecular formula is C59H58N9+3. The van der Waals surface area contributed by atoms with Crippen LogP contribution >= 0.6 is 0 Å². The molecule has 0 aliphatic carbocycles. The molecule has 68 heavy (non-hydrogen) atoms. The van der Waals surface area contributed by atoms with Crippen LogP contribution in [0.4, 0.5) is 0 Å². The zero-order chi connectivity index (χ0) is 47.4. The van der Waals surface area contributed by atoms with E-state index in [4.69, 9.17) is 15.0 Å². The third-order valence-corrected chi connectivity index (χ3v) is 13.5. The van der Waals surface area contributed by atoms with Crippen LogP contribution in [0.15, 0.2) is 165 Å². The van der Waals surface area contributed by atoms with Crippen molar-refractivity contribution in [3.8, 4) is 33.8 Å². The Morgan fingerprint density at radius 2 is 0.838 bits per heavy atom. The molecule has 9 nitrogen and oxygen atoms in total. The summed E-state index contributed by atoms with van der Waals surface area (Å²) in [5.41, 5.74) is 24.6. The largest absolute Gasteiger partial charge is 0.300 e. The summed E-state index contributed by atoms with van der Waals surface area (Å²) in [6.07, 6.45) is 12.6. The standard InChI is InChI=1S/C21H22N3.2C19H18N3/c1-14(2)16-10-12-23(4)19(13-16)17-8-9-18-21(15(17)3)22-20-7-5-6-11-24(18)20;1-13-7-9-16(21(3)12-13)15-8-10-17-19(14(15)2)20-18-6-4-5-11-22(17)18;1-13-9-11-21(3)17(12-13)15-7-8-16-19(14(15)2)20-18-6-4-5-10-22(16)18/h5-14H,1-4H3;2*4-12H,1-3H3/q3*+1. The second-order valence-electron chi connectivity index (χ2n) is 18.5. The molecule has 0 saturated heterocycles. The maximum absolute atomic E-state index is 4.84. The number of nitrogens with zero attached hydrogens (tertiary/aromatic N) is 9. The van der Waals surface area contributed by atoms with Crippen molar-refractivity contribution >= 4 is 50.0 Å². The molecule has 0 aliphatic rings. The first-order valence-electron chi connectivity index (χ1n) is 23.4. The van der Waals surface area contributed by atoms with Crippen LogP contribution in [0, 0.1) is 34.6 Å². The van der Waals surface area contributed by atoms with E-state index < -0.39 is 0 Å². The fourth-order valence-corrected chi connectivity index (χ4v) is 9.61. The van der Waals surface area contributed by atoms with Crippen molar-refractivity contribution in [1.82, 2.24) is 28.2 Å². The van der Waals surface area contributed by atoms with E-state index in [1.165, 1.54) is 67.2 Å². The van der Waals surface area contributed by atoms with Crippen molar-refractivity contribution in [3.05, 3.63) is 198 Å². The van der Waals surface area contributed by atoms with Gasteiger partial charge in [-0.2, -0.15) is 0 Å². The fourth-order valence-electron chi connectivity index (χ4n) is 9.61. The first-order chi connectivity index (χ1) is 32.9. The Hall–Kier alpha value is -8.04. The minimum absolute atomic E-state index is 0.518. The van der Waals surface area contributed by atoms with Gasteiger partial charge < -0.3 is 0 Å². The average molecular weight is 893 g/mol. The highest BCUT2D eigenvalue weighted by Crippen LogP contribution is 2.32. The normalized spacial score (nSPS) is 11.5. The Kier molecular flexibility index (Phi) is 11.4. The monoisotopic (exact) mass is 892 g/mol. The van der Waals surface area contributed by atoms with Crippen LogP contribution in [0.3, 0.4) is 0 Å². The van der Waals surface area contributed by atoms with E-state index in [1.807, 2.05) is 48.5 Å². The van der Waals surface area contributed by atoms with Crippen molar-refractivity contribution in [3.63, 3.8) is 0 Å². The van der Waals surface area contributed by atoms with Crippen LogP contribution in [-0.2, 0) is 21.1 Å². The molecule has 336 valence electrons. The SMILES string of the molecule is Cc1c(-c2cc(C(C)C)cc[n+]2C)ccc2c1nc1ccccn12.Cc1cc[n+](C)c(-c2ccc3c(nc4ccccn43)c2C)c1.Cc1ccc(-c2ccc3c(nc4ccccn43)c2C)[n+](C)c1. The summed E-state index contributed by atoms with van der Waals surface area (Å²) < 4.78 is 13.0. The van der Waals surface area contributed by atoms with Gasteiger partial charge in [0.2, 0.25) is 17.1 Å². The highest BCUT2D eigenvalue weighted by atomic mass is 15.0. The Balaban J connectivity index is 0.000000119. The molecule has 9 heterocycles. The van der Waals surface area contributed by atoms with E-state index in [9.17, 15) is 0 Å². The predicted molar refractivity (Wildman–Crippen MR) is 276 cm³/mol. The third kappa shape index (κ3) is 7.83. The molecule has 0 spiro atoms. The summed E-state index contributed by atoms with van der Waals surface area (Å²) in [6, 6.07) is 44.7. The van der Waals surface area contributed by atoms with E-state index in [0.717, 1.165) is 50.0 Å². The van der Waals surface area contributed by atoms with Gasteiger partial charge in [-0.1, -0.05) is 32.0 Å². The zero-order valence-electron chi connectivity index (χ0n) is 40.7. The Morgan fingerprint density at radius 3 is 1.28 bits per heavy atom. The van der Waals surface area contributed by atoms with E-state index in [2.05, 4.69) is 213 Å². The molecule has 12 aromatic rings. The smallest absolute Gasteiger partial charge is 0.212 e. The number of fused-ring (bicyclic) bond motifs is 9. The molecule has 0 bridgehead atoms. The van der Waals surface area contributed by atoms with Crippen molar-refractivity contribution in [2.45, 2.75) is 54.4 Å². The number of aryl methyl sites for hydroxylation is 8. The molecule has 0 aliphatic heterocycles. The van der Waals surface area contributed by atoms with E-state index in [-0.39, 0.29) is 0 Å². The molecule has 0 saturated carbocycles. The van der Waals surface area contributed by atoms with E-state index in [1.54, 1.807) is 0 Å². The van der Waals surface area contributed by atoms with Gasteiger partial charge in [0.15, 0.2) is 18.6 Å². The number of aromatic nitrogens is 9. The Labute approximate surface area is 397 Å². The van der Waals surface area contributed by atoms with Gasteiger partial charge in [0.05, 0.1) is 49.8 Å². The summed E-state index contributed by atoms with van der Waals surface area (Å²) in [6.45, 7) is 15.2. The van der Waals surface area contributed by atoms with E-state index in [0.29, 0.717) is 5.92 Å². The summed E-state index contributed by atoms with van der Waals surface area (Å²) in [7, 11) is 6.28. The summed E-state index contributed by atoms with van der Waals surface area (Å²) in [4.78, 5) is 14.5. The van der Waals surface area contributed by atoms with Crippen molar-refractivity contribution in [2.75, 3.05) is 0 Å². The molecule has 3 aromatic carbocycles. The first-order valence-corrected chi connectivity index (χ1v) is 23.4. The molecule has 9 heteroatoms. The fraction of sp³-hybridized carbons (Fsp3) is 0.186. The maximum Gasteiger partial charge on any atom is 0.212 e. The molecule has 0 unspecified atom stereocenters.